The Labute approximate surface area is 124 Å². The number of hydrogen-bond acceptors (Lipinski definition) is 5. The molecule has 1 aromatic heterocycles. The van der Waals surface area contributed by atoms with Crippen molar-refractivity contribution in [2.75, 3.05) is 13.2 Å². The summed E-state index contributed by atoms with van der Waals surface area (Å²) in [6.45, 7) is 5.34. The van der Waals surface area contributed by atoms with Gasteiger partial charge in [0, 0.05) is 30.9 Å². The summed E-state index contributed by atoms with van der Waals surface area (Å²) in [7, 11) is 0. The minimum Gasteiger partial charge on any atom is -0.377 e. The highest BCUT2D eigenvalue weighted by atomic mass is 16.5. The molecule has 3 unspecified atom stereocenters. The normalized spacial score (nSPS) is 33.3. The Bertz CT molecular complexity index is 515. The fraction of sp³-hybridized carbons (Fsp3) is 0.786. The maximum atomic E-state index is 12.5. The predicted molar refractivity (Wildman–Crippen MR) is 76.3 cm³/mol. The molecule has 2 aliphatic rings. The van der Waals surface area contributed by atoms with Gasteiger partial charge in [0.25, 0.3) is 0 Å². The molecule has 0 radical (unpaired) electrons. The van der Waals surface area contributed by atoms with E-state index in [0.29, 0.717) is 13.2 Å². The standard InChI is InChI=1S/C14H23N5O2/c1-13(2)11-9(5-7-21-11)14(13,15)12(20)16-6-3-4-10-17-8-18-19-10/h8-9,11H,3-7,15H2,1-2H3,(H,16,20)(H,17,18,19). The summed E-state index contributed by atoms with van der Waals surface area (Å²) in [5.74, 6) is 0.915. The molecule has 1 aliphatic heterocycles. The topological polar surface area (TPSA) is 106 Å². The molecule has 3 rings (SSSR count). The maximum absolute atomic E-state index is 12.5. The van der Waals surface area contributed by atoms with Crippen molar-refractivity contribution in [2.45, 2.75) is 44.8 Å². The SMILES string of the molecule is CC1(C)C2OCCC2C1(N)C(=O)NCCCc1ncn[nH]1. The summed E-state index contributed by atoms with van der Waals surface area (Å²) in [4.78, 5) is 16.6. The van der Waals surface area contributed by atoms with E-state index in [0.717, 1.165) is 25.1 Å². The van der Waals surface area contributed by atoms with Gasteiger partial charge >= 0.3 is 0 Å². The zero-order chi connectivity index (χ0) is 15.1. The van der Waals surface area contributed by atoms with Crippen LogP contribution in [0.5, 0.6) is 0 Å². The van der Waals surface area contributed by atoms with Crippen LogP contribution < -0.4 is 11.1 Å². The second-order valence-corrected chi connectivity index (χ2v) is 6.57. The largest absolute Gasteiger partial charge is 0.377 e. The molecular formula is C14H23N5O2. The fourth-order valence-electron chi connectivity index (χ4n) is 3.80. The summed E-state index contributed by atoms with van der Waals surface area (Å²) in [5.41, 5.74) is 5.33. The number of ether oxygens (including phenoxy) is 1. The first-order chi connectivity index (χ1) is 9.98. The van der Waals surface area contributed by atoms with Crippen LogP contribution in [-0.2, 0) is 16.0 Å². The van der Waals surface area contributed by atoms with Gasteiger partial charge in [0.2, 0.25) is 5.91 Å². The van der Waals surface area contributed by atoms with Crippen molar-refractivity contribution in [2.24, 2.45) is 17.1 Å². The van der Waals surface area contributed by atoms with Crippen molar-refractivity contribution < 1.29 is 9.53 Å². The second kappa shape index (κ2) is 5.06. The molecule has 0 aromatic carbocycles. The van der Waals surface area contributed by atoms with Crippen LogP contribution in [0.15, 0.2) is 6.33 Å². The summed E-state index contributed by atoms with van der Waals surface area (Å²) in [6.07, 6.45) is 4.04. The van der Waals surface area contributed by atoms with Crippen LogP contribution in [0.3, 0.4) is 0 Å². The minimum atomic E-state index is -0.819. The number of hydrogen-bond donors (Lipinski definition) is 3. The summed E-state index contributed by atoms with van der Waals surface area (Å²) >= 11 is 0. The highest BCUT2D eigenvalue weighted by molar-refractivity contribution is 5.89. The Morgan fingerprint density at radius 3 is 3.14 bits per heavy atom. The minimum absolute atomic E-state index is 0.0585. The molecule has 0 spiro atoms. The molecular weight excluding hydrogens is 270 g/mol. The van der Waals surface area contributed by atoms with E-state index in [1.54, 1.807) is 0 Å². The number of nitrogens with one attached hydrogen (secondary N) is 2. The second-order valence-electron chi connectivity index (χ2n) is 6.57. The van der Waals surface area contributed by atoms with Gasteiger partial charge in [-0.15, -0.1) is 0 Å². The highest BCUT2D eigenvalue weighted by Gasteiger charge is 2.71. The third-order valence-electron chi connectivity index (χ3n) is 5.17. The molecule has 2 fully saturated rings. The average molecular weight is 293 g/mol. The van der Waals surface area contributed by atoms with Crippen molar-refractivity contribution in [3.63, 3.8) is 0 Å². The average Bonchev–Trinajstić information content (AvgIpc) is 3.12. The van der Waals surface area contributed by atoms with Gasteiger partial charge in [0.1, 0.15) is 17.7 Å². The van der Waals surface area contributed by atoms with E-state index in [2.05, 4.69) is 20.5 Å². The van der Waals surface area contributed by atoms with Crippen LogP contribution in [0, 0.1) is 11.3 Å². The van der Waals surface area contributed by atoms with Gasteiger partial charge < -0.3 is 15.8 Å². The Kier molecular flexibility index (Phi) is 3.49. The quantitative estimate of drug-likeness (QED) is 0.662. The lowest BCUT2D eigenvalue weighted by Gasteiger charge is -2.60. The number of rotatable bonds is 5. The van der Waals surface area contributed by atoms with E-state index in [-0.39, 0.29) is 23.3 Å². The third-order valence-corrected chi connectivity index (χ3v) is 5.17. The van der Waals surface area contributed by atoms with Crippen LogP contribution in [-0.4, -0.2) is 45.9 Å². The molecule has 7 heteroatoms. The molecule has 0 bridgehead atoms. The van der Waals surface area contributed by atoms with E-state index in [1.807, 2.05) is 13.8 Å². The molecule has 4 N–H and O–H groups in total. The van der Waals surface area contributed by atoms with Crippen LogP contribution in [0.25, 0.3) is 0 Å². The van der Waals surface area contributed by atoms with Gasteiger partial charge in [0.05, 0.1) is 6.10 Å². The molecule has 1 aromatic rings. The number of aryl methyl sites for hydroxylation is 1. The number of fused-ring (bicyclic) bond motifs is 1. The zero-order valence-corrected chi connectivity index (χ0v) is 12.6. The Balaban J connectivity index is 1.53. The summed E-state index contributed by atoms with van der Waals surface area (Å²) in [6, 6.07) is 0. The predicted octanol–water partition coefficient (Wildman–Crippen LogP) is -0.00410. The fourth-order valence-corrected chi connectivity index (χ4v) is 3.80. The number of carbonyl (C=O) groups is 1. The van der Waals surface area contributed by atoms with Gasteiger partial charge in [-0.1, -0.05) is 13.8 Å². The Hall–Kier alpha value is -1.47. The lowest BCUT2D eigenvalue weighted by atomic mass is 9.48. The van der Waals surface area contributed by atoms with Crippen LogP contribution in [0.2, 0.25) is 0 Å². The molecule has 3 atom stereocenters. The number of amides is 1. The van der Waals surface area contributed by atoms with Gasteiger partial charge in [-0.2, -0.15) is 5.10 Å². The number of carbonyl (C=O) groups excluding carboxylic acids is 1. The molecule has 7 nitrogen and oxygen atoms in total. The van der Waals surface area contributed by atoms with Crippen molar-refractivity contribution in [3.8, 4) is 0 Å². The lowest BCUT2D eigenvalue weighted by molar-refractivity contribution is -0.175. The molecule has 1 aliphatic carbocycles. The number of H-pyrrole nitrogens is 1. The number of nitrogens with two attached hydrogens (primary N) is 1. The van der Waals surface area contributed by atoms with Gasteiger partial charge in [-0.25, -0.2) is 4.98 Å². The summed E-state index contributed by atoms with van der Waals surface area (Å²) < 4.78 is 5.71. The number of nitrogens with zero attached hydrogens (tertiary/aromatic N) is 2. The van der Waals surface area contributed by atoms with Crippen LogP contribution in [0.1, 0.15) is 32.5 Å². The number of aromatic amines is 1. The lowest BCUT2D eigenvalue weighted by Crippen LogP contribution is -2.80. The van der Waals surface area contributed by atoms with Gasteiger partial charge in [-0.05, 0) is 12.8 Å². The molecule has 21 heavy (non-hydrogen) atoms. The molecule has 1 saturated heterocycles. The molecule has 2 heterocycles. The first-order valence-corrected chi connectivity index (χ1v) is 7.51. The van der Waals surface area contributed by atoms with E-state index in [4.69, 9.17) is 10.5 Å². The molecule has 1 saturated carbocycles. The third kappa shape index (κ3) is 2.06. The zero-order valence-electron chi connectivity index (χ0n) is 12.6. The highest BCUT2D eigenvalue weighted by Crippen LogP contribution is 2.58. The van der Waals surface area contributed by atoms with E-state index >= 15 is 0 Å². The smallest absolute Gasteiger partial charge is 0.241 e. The maximum Gasteiger partial charge on any atom is 0.241 e. The van der Waals surface area contributed by atoms with Crippen molar-refractivity contribution in [1.82, 2.24) is 20.5 Å². The van der Waals surface area contributed by atoms with Gasteiger partial charge in [0.15, 0.2) is 0 Å². The Morgan fingerprint density at radius 1 is 1.62 bits per heavy atom. The van der Waals surface area contributed by atoms with E-state index in [1.165, 1.54) is 6.33 Å². The van der Waals surface area contributed by atoms with E-state index in [9.17, 15) is 4.79 Å². The first kappa shape index (κ1) is 14.5. The van der Waals surface area contributed by atoms with Crippen molar-refractivity contribution in [1.29, 1.82) is 0 Å². The van der Waals surface area contributed by atoms with E-state index < -0.39 is 5.54 Å². The number of aromatic nitrogens is 3. The van der Waals surface area contributed by atoms with Gasteiger partial charge in [-0.3, -0.25) is 9.89 Å². The molecule has 1 amide bonds. The summed E-state index contributed by atoms with van der Waals surface area (Å²) in [5, 5.41) is 9.58. The Morgan fingerprint density at radius 2 is 2.43 bits per heavy atom. The first-order valence-electron chi connectivity index (χ1n) is 7.51. The monoisotopic (exact) mass is 293 g/mol. The van der Waals surface area contributed by atoms with Crippen molar-refractivity contribution >= 4 is 5.91 Å². The van der Waals surface area contributed by atoms with Crippen molar-refractivity contribution in [3.05, 3.63) is 12.2 Å². The molecule has 116 valence electrons. The van der Waals surface area contributed by atoms with Crippen LogP contribution >= 0.6 is 0 Å². The van der Waals surface area contributed by atoms with Crippen LogP contribution in [0.4, 0.5) is 0 Å².